The summed E-state index contributed by atoms with van der Waals surface area (Å²) >= 11 is 3.52. The molecule has 1 spiro atoms. The van der Waals surface area contributed by atoms with E-state index in [1.807, 2.05) is 33.8 Å². The monoisotopic (exact) mass is 352 g/mol. The first-order valence-electron chi connectivity index (χ1n) is 7.41. The van der Waals surface area contributed by atoms with Crippen LogP contribution in [-0.2, 0) is 26.3 Å². The maximum absolute atomic E-state index is 12.8. The van der Waals surface area contributed by atoms with E-state index in [0.29, 0.717) is 0 Å². The van der Waals surface area contributed by atoms with Crippen LogP contribution < -0.4 is 0 Å². The van der Waals surface area contributed by atoms with E-state index in [2.05, 4.69) is 35.0 Å². The Labute approximate surface area is 134 Å². The van der Waals surface area contributed by atoms with Gasteiger partial charge >= 0.3 is 0 Å². The van der Waals surface area contributed by atoms with Crippen molar-refractivity contribution in [2.45, 2.75) is 63.9 Å². The topological polar surface area (TPSA) is 38.8 Å². The molecule has 114 valence electrons. The van der Waals surface area contributed by atoms with Crippen LogP contribution in [0.25, 0.3) is 0 Å². The number of ketones is 1. The average Bonchev–Trinajstić information content (AvgIpc) is 3.01. The van der Waals surface area contributed by atoms with Gasteiger partial charge in [-0.25, -0.2) is 0 Å². The lowest BCUT2D eigenvalue weighted by molar-refractivity contribution is -0.131. The fourth-order valence-corrected chi connectivity index (χ4v) is 4.16. The Morgan fingerprint density at radius 1 is 1.29 bits per heavy atom. The molecule has 2 saturated heterocycles. The van der Waals surface area contributed by atoms with Gasteiger partial charge in [0.25, 0.3) is 0 Å². The normalized spacial score (nSPS) is 37.2. The smallest absolute Gasteiger partial charge is 0.201 e. The molecule has 1 aromatic carbocycles. The Morgan fingerprint density at radius 3 is 2.48 bits per heavy atom. The second kappa shape index (κ2) is 4.40. The number of carbonyl (C=O) groups excluding carboxylic acids is 1. The average molecular weight is 353 g/mol. The summed E-state index contributed by atoms with van der Waals surface area (Å²) in [5.74, 6) is 0.0482. The number of hydrogen-bond acceptors (Lipinski definition) is 3. The van der Waals surface area contributed by atoms with Gasteiger partial charge in [-0.3, -0.25) is 4.79 Å². The summed E-state index contributed by atoms with van der Waals surface area (Å²) in [5, 5.41) is 0. The highest BCUT2D eigenvalue weighted by atomic mass is 79.9. The third-order valence-electron chi connectivity index (χ3n) is 4.93. The number of rotatable bonds is 2. The number of benzene rings is 1. The Balaban J connectivity index is 2.10. The van der Waals surface area contributed by atoms with Gasteiger partial charge in [0.15, 0.2) is 5.60 Å². The van der Waals surface area contributed by atoms with Gasteiger partial charge < -0.3 is 9.47 Å². The van der Waals surface area contributed by atoms with Crippen molar-refractivity contribution in [2.24, 2.45) is 0 Å². The number of Topliss-reactive ketones (excluding diaryl/α,β-unsaturated/α-hetero) is 1. The molecule has 0 bridgehead atoms. The Bertz CT molecular complexity index is 624. The zero-order valence-electron chi connectivity index (χ0n) is 13.1. The number of ether oxygens (including phenoxy) is 2. The molecule has 2 heterocycles. The molecule has 2 fully saturated rings. The zero-order valence-corrected chi connectivity index (χ0v) is 14.7. The number of hydrogen-bond donors (Lipinski definition) is 0. The second-order valence-electron chi connectivity index (χ2n) is 6.63. The van der Waals surface area contributed by atoms with Crippen LogP contribution in [0.1, 0.15) is 45.7 Å². The van der Waals surface area contributed by atoms with Crippen LogP contribution in [0.15, 0.2) is 22.7 Å². The highest BCUT2D eigenvalue weighted by molar-refractivity contribution is 9.10. The molecule has 3 unspecified atom stereocenters. The summed E-state index contributed by atoms with van der Waals surface area (Å²) in [6, 6.07) is 6.19. The van der Waals surface area contributed by atoms with Gasteiger partial charge in [-0.1, -0.05) is 28.9 Å². The molecular formula is C17H21BrO3. The molecule has 3 rings (SSSR count). The van der Waals surface area contributed by atoms with Crippen LogP contribution in [0.3, 0.4) is 0 Å². The minimum Gasteiger partial charge on any atom is -0.361 e. The molecule has 0 radical (unpaired) electrons. The molecule has 0 aromatic heterocycles. The lowest BCUT2D eigenvalue weighted by Gasteiger charge is -2.17. The summed E-state index contributed by atoms with van der Waals surface area (Å²) in [4.78, 5) is 12.8. The van der Waals surface area contributed by atoms with Gasteiger partial charge in [0, 0.05) is 4.47 Å². The fourth-order valence-electron chi connectivity index (χ4n) is 3.80. The van der Waals surface area contributed by atoms with Crippen LogP contribution in [0.2, 0.25) is 0 Å². The van der Waals surface area contributed by atoms with E-state index in [4.69, 9.17) is 9.47 Å². The molecular weight excluding hydrogens is 332 g/mol. The molecule has 3 nitrogen and oxygen atoms in total. The standard InChI is InChI=1S/C17H21BrO3/c1-6-11-7-8-12(18)9-13(11)16(5)17(21-16)10(2)20-15(3,4)14(17)19/h7-10H,6H2,1-5H3. The van der Waals surface area contributed by atoms with Gasteiger partial charge in [0.2, 0.25) is 5.78 Å². The van der Waals surface area contributed by atoms with Crippen molar-refractivity contribution in [1.82, 2.24) is 0 Å². The van der Waals surface area contributed by atoms with Crippen molar-refractivity contribution in [3.8, 4) is 0 Å². The van der Waals surface area contributed by atoms with Gasteiger partial charge in [0.1, 0.15) is 11.2 Å². The minimum absolute atomic E-state index is 0.0482. The Morgan fingerprint density at radius 2 is 1.95 bits per heavy atom. The zero-order chi connectivity index (χ0) is 15.6. The molecule has 0 saturated carbocycles. The molecule has 0 aliphatic carbocycles. The van der Waals surface area contributed by atoms with Gasteiger partial charge in [0.05, 0.1) is 6.10 Å². The second-order valence-corrected chi connectivity index (χ2v) is 7.54. The molecule has 0 N–H and O–H groups in total. The highest BCUT2D eigenvalue weighted by Crippen LogP contribution is 2.64. The number of epoxide rings is 1. The lowest BCUT2D eigenvalue weighted by Crippen LogP contribution is -2.39. The Hall–Kier alpha value is -0.710. The van der Waals surface area contributed by atoms with Crippen molar-refractivity contribution in [3.05, 3.63) is 33.8 Å². The summed E-state index contributed by atoms with van der Waals surface area (Å²) in [6.07, 6.45) is 0.665. The number of halogens is 1. The first-order valence-corrected chi connectivity index (χ1v) is 8.20. The molecule has 3 atom stereocenters. The molecule has 1 aromatic rings. The van der Waals surface area contributed by atoms with Crippen molar-refractivity contribution in [2.75, 3.05) is 0 Å². The SMILES string of the molecule is CCc1ccc(Br)cc1C1(C)OC12C(=O)C(C)(C)OC2C. The van der Waals surface area contributed by atoms with E-state index in [1.165, 1.54) is 5.56 Å². The molecule has 2 aliphatic rings. The van der Waals surface area contributed by atoms with Crippen LogP contribution in [0, 0.1) is 0 Å². The van der Waals surface area contributed by atoms with E-state index in [-0.39, 0.29) is 11.9 Å². The molecule has 2 aliphatic heterocycles. The summed E-state index contributed by atoms with van der Waals surface area (Å²) < 4.78 is 13.0. The van der Waals surface area contributed by atoms with Gasteiger partial charge in [-0.15, -0.1) is 0 Å². The fraction of sp³-hybridized carbons (Fsp3) is 0.588. The summed E-state index contributed by atoms with van der Waals surface area (Å²) in [6.45, 7) is 9.70. The van der Waals surface area contributed by atoms with E-state index >= 15 is 0 Å². The maximum Gasteiger partial charge on any atom is 0.201 e. The van der Waals surface area contributed by atoms with E-state index in [1.54, 1.807) is 0 Å². The number of aryl methyl sites for hydroxylation is 1. The van der Waals surface area contributed by atoms with Crippen molar-refractivity contribution in [1.29, 1.82) is 0 Å². The first kappa shape index (κ1) is 15.2. The third-order valence-corrected chi connectivity index (χ3v) is 5.42. The van der Waals surface area contributed by atoms with Crippen molar-refractivity contribution < 1.29 is 14.3 Å². The summed E-state index contributed by atoms with van der Waals surface area (Å²) in [5.41, 5.74) is 0.0616. The van der Waals surface area contributed by atoms with E-state index < -0.39 is 16.8 Å². The maximum atomic E-state index is 12.8. The van der Waals surface area contributed by atoms with Crippen LogP contribution in [0.5, 0.6) is 0 Å². The summed E-state index contributed by atoms with van der Waals surface area (Å²) in [7, 11) is 0. The molecule has 4 heteroatoms. The highest BCUT2D eigenvalue weighted by Gasteiger charge is 2.81. The Kier molecular flexibility index (Phi) is 3.18. The largest absolute Gasteiger partial charge is 0.361 e. The van der Waals surface area contributed by atoms with E-state index in [0.717, 1.165) is 16.5 Å². The van der Waals surface area contributed by atoms with Crippen LogP contribution >= 0.6 is 15.9 Å². The van der Waals surface area contributed by atoms with Crippen molar-refractivity contribution in [3.63, 3.8) is 0 Å². The van der Waals surface area contributed by atoms with Crippen LogP contribution in [-0.4, -0.2) is 23.1 Å². The van der Waals surface area contributed by atoms with Gasteiger partial charge in [-0.2, -0.15) is 0 Å². The molecule has 21 heavy (non-hydrogen) atoms. The molecule has 0 amide bonds. The predicted octanol–water partition coefficient (Wildman–Crippen LogP) is 3.76. The minimum atomic E-state index is -0.846. The van der Waals surface area contributed by atoms with Gasteiger partial charge in [-0.05, 0) is 57.4 Å². The third kappa shape index (κ3) is 1.82. The number of carbonyl (C=O) groups is 1. The quantitative estimate of drug-likeness (QED) is 0.760. The lowest BCUT2D eigenvalue weighted by atomic mass is 9.78. The first-order chi connectivity index (χ1) is 9.69. The van der Waals surface area contributed by atoms with Crippen LogP contribution in [0.4, 0.5) is 0 Å². The van der Waals surface area contributed by atoms with Crippen molar-refractivity contribution >= 4 is 21.7 Å². The van der Waals surface area contributed by atoms with E-state index in [9.17, 15) is 4.79 Å². The predicted molar refractivity (Wildman–Crippen MR) is 84.3 cm³/mol.